The molecule has 7 aliphatic rings. The fourth-order valence-corrected chi connectivity index (χ4v) is 11.3. The Balaban J connectivity index is 1.06. The van der Waals surface area contributed by atoms with Crippen LogP contribution in [0.4, 0.5) is 0 Å². The van der Waals surface area contributed by atoms with Gasteiger partial charge in [0.15, 0.2) is 0 Å². The molecule has 7 saturated heterocycles. The average molecular weight is 845 g/mol. The van der Waals surface area contributed by atoms with Crippen molar-refractivity contribution in [1.82, 2.24) is 0 Å². The van der Waals surface area contributed by atoms with E-state index in [4.69, 9.17) is 37.9 Å². The van der Waals surface area contributed by atoms with E-state index >= 15 is 0 Å². The molecule has 0 amide bonds. The number of ether oxygens (including phenoxy) is 8. The maximum absolute atomic E-state index is 13.9. The first-order chi connectivity index (χ1) is 28.6. The quantitative estimate of drug-likeness (QED) is 0.257. The third-order valence-electron chi connectivity index (χ3n) is 15.8. The predicted octanol–water partition coefficient (Wildman–Crippen LogP) is 7.66. The molecule has 0 N–H and O–H groups in total. The third kappa shape index (κ3) is 11.0. The smallest absolute Gasteiger partial charge is 0.311 e. The maximum Gasteiger partial charge on any atom is 0.311 e. The van der Waals surface area contributed by atoms with Crippen LogP contribution >= 0.6 is 0 Å². The molecule has 20 atom stereocenters. The lowest BCUT2D eigenvalue weighted by Gasteiger charge is -2.32. The number of hydrogen-bond acceptors (Lipinski definition) is 12. The first-order valence-electron chi connectivity index (χ1n) is 24.0. The summed E-state index contributed by atoms with van der Waals surface area (Å²) in [5, 5.41) is 0. The highest BCUT2D eigenvalue weighted by atomic mass is 16.6. The molecule has 12 heteroatoms. The van der Waals surface area contributed by atoms with Gasteiger partial charge in [-0.2, -0.15) is 0 Å². The lowest BCUT2D eigenvalue weighted by molar-refractivity contribution is -0.167. The Morgan fingerprint density at radius 2 is 0.717 bits per heavy atom. The topological polar surface area (TPSA) is 142 Å². The summed E-state index contributed by atoms with van der Waals surface area (Å²) in [6.45, 7) is 16.0. The lowest BCUT2D eigenvalue weighted by Crippen LogP contribution is -2.39. The van der Waals surface area contributed by atoms with Crippen LogP contribution in [0.5, 0.6) is 0 Å². The number of Topliss-reactive ketones (excluding diaryl/α,β-unsaturated/α-hetero) is 2. The van der Waals surface area contributed by atoms with Gasteiger partial charge >= 0.3 is 11.9 Å². The minimum Gasteiger partial charge on any atom is -0.462 e. The van der Waals surface area contributed by atoms with Crippen molar-refractivity contribution >= 4 is 23.5 Å². The predicted molar refractivity (Wildman–Crippen MR) is 222 cm³/mol. The second-order valence-corrected chi connectivity index (χ2v) is 20.3. The fraction of sp³-hybridized carbons (Fsp3) is 0.917. The van der Waals surface area contributed by atoms with Gasteiger partial charge in [0.05, 0.1) is 85.1 Å². The van der Waals surface area contributed by atoms with Crippen LogP contribution in [-0.4, -0.2) is 109 Å². The van der Waals surface area contributed by atoms with Crippen LogP contribution in [0.1, 0.15) is 158 Å². The van der Waals surface area contributed by atoms with Gasteiger partial charge in [-0.15, -0.1) is 0 Å². The van der Waals surface area contributed by atoms with Crippen LogP contribution in [0, 0.1) is 35.5 Å². The highest BCUT2D eigenvalue weighted by Gasteiger charge is 2.45. The zero-order valence-corrected chi connectivity index (χ0v) is 37.8. The molecule has 0 aromatic rings. The van der Waals surface area contributed by atoms with Gasteiger partial charge in [-0.3, -0.25) is 19.2 Å². The van der Waals surface area contributed by atoms with Crippen LogP contribution in [0.3, 0.4) is 0 Å². The highest BCUT2D eigenvalue weighted by molar-refractivity contribution is 5.82. The van der Waals surface area contributed by atoms with Crippen molar-refractivity contribution in [2.75, 3.05) is 0 Å². The van der Waals surface area contributed by atoms with E-state index in [1.807, 2.05) is 27.7 Å². The van der Waals surface area contributed by atoms with Crippen LogP contribution in [-0.2, 0) is 57.1 Å². The Morgan fingerprint density at radius 1 is 0.383 bits per heavy atom. The molecule has 60 heavy (non-hydrogen) atoms. The minimum atomic E-state index is -0.496. The molecule has 0 aliphatic carbocycles. The van der Waals surface area contributed by atoms with Gasteiger partial charge in [0.25, 0.3) is 0 Å². The SMILES string of the molecule is C[C@@H]([C@@H]1CC[C@@H](C)O1)[C@H]1C[C@@H]2CC[C@@H](O2)[C@@H](C)C(=O)C[C@@H]2CC[C@H](O2)[C@@H](C)C(=O)O[C@@H]([C@@H](C)[C@@H]2CC[C@@H](C)O2)C[C@@H]2CC[C@@H](O2)[C@H](C)C(=O)C[C@@H]2CC[C@H](O2)[C@H](C)C(=O)O1. The summed E-state index contributed by atoms with van der Waals surface area (Å²) in [5.41, 5.74) is 0. The van der Waals surface area contributed by atoms with Crippen molar-refractivity contribution in [1.29, 1.82) is 0 Å². The number of fused-ring (bicyclic) bond motifs is 8. The Bertz CT molecular complexity index is 1380. The van der Waals surface area contributed by atoms with E-state index in [-0.39, 0.29) is 133 Å². The Kier molecular flexibility index (Phi) is 15.5. The first-order valence-corrected chi connectivity index (χ1v) is 24.0. The number of esters is 2. The molecule has 7 heterocycles. The number of cyclic esters (lactones) is 2. The molecule has 340 valence electrons. The zero-order valence-electron chi connectivity index (χ0n) is 37.8. The molecule has 7 rings (SSSR count). The molecular weight excluding hydrogens is 769 g/mol. The van der Waals surface area contributed by atoms with Crippen molar-refractivity contribution in [3.8, 4) is 0 Å². The van der Waals surface area contributed by atoms with Gasteiger partial charge in [-0.25, -0.2) is 0 Å². The average Bonchev–Trinajstić information content (AvgIpc) is 4.09. The molecule has 7 fully saturated rings. The van der Waals surface area contributed by atoms with Gasteiger partial charge in [0, 0.05) is 49.4 Å². The van der Waals surface area contributed by atoms with Crippen molar-refractivity contribution < 1.29 is 57.1 Å². The van der Waals surface area contributed by atoms with Gasteiger partial charge in [-0.1, -0.05) is 27.7 Å². The Morgan fingerprint density at radius 3 is 1.07 bits per heavy atom. The minimum absolute atomic E-state index is 0.0145. The van der Waals surface area contributed by atoms with E-state index in [1.165, 1.54) is 0 Å². The molecule has 8 bridgehead atoms. The Hall–Kier alpha value is -1.96. The number of carbonyl (C=O) groups excluding carboxylic acids is 4. The summed E-state index contributed by atoms with van der Waals surface area (Å²) in [6.07, 6.45) is 8.73. The largest absolute Gasteiger partial charge is 0.462 e. The van der Waals surface area contributed by atoms with Crippen molar-refractivity contribution in [3.63, 3.8) is 0 Å². The molecule has 0 aromatic carbocycles. The van der Waals surface area contributed by atoms with E-state index in [0.29, 0.717) is 38.5 Å². The van der Waals surface area contributed by atoms with Gasteiger partial charge < -0.3 is 37.9 Å². The van der Waals surface area contributed by atoms with E-state index in [1.54, 1.807) is 0 Å². The third-order valence-corrected chi connectivity index (χ3v) is 15.8. The van der Waals surface area contributed by atoms with Crippen LogP contribution < -0.4 is 0 Å². The maximum atomic E-state index is 13.9. The highest BCUT2D eigenvalue weighted by Crippen LogP contribution is 2.39. The molecule has 0 saturated carbocycles. The van der Waals surface area contributed by atoms with Crippen molar-refractivity contribution in [2.45, 2.75) is 244 Å². The van der Waals surface area contributed by atoms with Crippen LogP contribution in [0.2, 0.25) is 0 Å². The van der Waals surface area contributed by atoms with E-state index in [2.05, 4.69) is 27.7 Å². The molecule has 0 radical (unpaired) electrons. The first kappa shape index (κ1) is 46.0. The molecule has 0 aromatic heterocycles. The van der Waals surface area contributed by atoms with Crippen LogP contribution in [0.25, 0.3) is 0 Å². The standard InChI is InChI=1S/C48H76O12/c1-25-9-15-41(53-25)29(5)45-23-35-13-17-39(57-35)27(3)37(49)22-34-12-20-44(56-34)32(8)48(52)60-46(30(6)42-16-10-26(2)54-42)24-36-14-18-40(58-36)28(4)38(50)21-33-11-19-43(55-33)31(7)47(51)59-45/h25-36,39-46H,9-24H2,1-8H3/t25-,26-,27-,28+,29+,30+,31-,32+,33+,34+,35+,36+,39-,40-,41+,42+,43+,44+,45-,46-/m1/s1. The molecular formula is C48H76O12. The summed E-state index contributed by atoms with van der Waals surface area (Å²) >= 11 is 0. The van der Waals surface area contributed by atoms with Gasteiger partial charge in [-0.05, 0) is 105 Å². The number of rotatable bonds is 4. The normalized spacial score (nSPS) is 46.5. The fourth-order valence-electron chi connectivity index (χ4n) is 11.3. The number of carbonyl (C=O) groups is 4. The Labute approximate surface area is 358 Å². The lowest BCUT2D eigenvalue weighted by atomic mass is 9.90. The summed E-state index contributed by atoms with van der Waals surface area (Å²) in [4.78, 5) is 55.3. The summed E-state index contributed by atoms with van der Waals surface area (Å²) in [6, 6.07) is 0. The number of hydrogen-bond donors (Lipinski definition) is 0. The zero-order chi connectivity index (χ0) is 42.8. The molecule has 0 spiro atoms. The summed E-state index contributed by atoms with van der Waals surface area (Å²) < 4.78 is 51.4. The molecule has 0 unspecified atom stereocenters. The van der Waals surface area contributed by atoms with E-state index in [0.717, 1.165) is 51.4 Å². The summed E-state index contributed by atoms with van der Waals surface area (Å²) in [5.74, 6) is -2.07. The second kappa shape index (κ2) is 20.3. The van der Waals surface area contributed by atoms with Gasteiger partial charge in [0.1, 0.15) is 23.8 Å². The van der Waals surface area contributed by atoms with Crippen molar-refractivity contribution in [2.24, 2.45) is 35.5 Å². The van der Waals surface area contributed by atoms with Crippen LogP contribution in [0.15, 0.2) is 0 Å². The van der Waals surface area contributed by atoms with E-state index < -0.39 is 24.0 Å². The number of ketones is 2. The van der Waals surface area contributed by atoms with E-state index in [9.17, 15) is 19.2 Å². The summed E-state index contributed by atoms with van der Waals surface area (Å²) in [7, 11) is 0. The molecule has 12 nitrogen and oxygen atoms in total. The molecule has 7 aliphatic heterocycles. The van der Waals surface area contributed by atoms with Gasteiger partial charge in [0.2, 0.25) is 0 Å². The van der Waals surface area contributed by atoms with Crippen molar-refractivity contribution in [3.05, 3.63) is 0 Å². The monoisotopic (exact) mass is 845 g/mol. The second-order valence-electron chi connectivity index (χ2n) is 20.3.